The van der Waals surface area contributed by atoms with E-state index in [0.29, 0.717) is 18.2 Å². The Kier molecular flexibility index (Phi) is 5.44. The SMILES string of the molecule is O=C(NC1CC1)c1ccc(CN(C(=O)CC2Sc3ccccc3NC2=O)C2CC2)cc1. The smallest absolute Gasteiger partial charge is 0.251 e. The number of thioether (sulfide) groups is 1. The van der Waals surface area contributed by atoms with Crippen LogP contribution < -0.4 is 10.6 Å². The first-order valence-corrected chi connectivity index (χ1v) is 11.7. The fraction of sp³-hybridized carbons (Fsp3) is 0.375. The molecule has 3 aliphatic rings. The van der Waals surface area contributed by atoms with Crippen molar-refractivity contribution in [3.63, 3.8) is 0 Å². The molecule has 0 spiro atoms. The first kappa shape index (κ1) is 20.1. The highest BCUT2D eigenvalue weighted by atomic mass is 32.2. The van der Waals surface area contributed by atoms with Crippen molar-refractivity contribution in [1.29, 1.82) is 0 Å². The molecule has 6 nitrogen and oxygen atoms in total. The molecule has 5 rings (SSSR count). The third-order valence-corrected chi connectivity index (χ3v) is 7.13. The molecule has 1 atom stereocenters. The summed E-state index contributed by atoms with van der Waals surface area (Å²) in [6.07, 6.45) is 4.31. The number of anilines is 1. The summed E-state index contributed by atoms with van der Waals surface area (Å²) in [5.74, 6) is -0.145. The number of nitrogens with one attached hydrogen (secondary N) is 2. The van der Waals surface area contributed by atoms with Gasteiger partial charge < -0.3 is 15.5 Å². The Bertz CT molecular complexity index is 1010. The van der Waals surface area contributed by atoms with E-state index in [1.165, 1.54) is 11.8 Å². The van der Waals surface area contributed by atoms with Crippen molar-refractivity contribution in [3.05, 3.63) is 59.7 Å². The van der Waals surface area contributed by atoms with Gasteiger partial charge in [0.2, 0.25) is 11.8 Å². The van der Waals surface area contributed by atoms with Gasteiger partial charge in [-0.3, -0.25) is 14.4 Å². The molecule has 0 saturated heterocycles. The quantitative estimate of drug-likeness (QED) is 0.697. The third-order valence-electron chi connectivity index (χ3n) is 5.86. The molecule has 1 aliphatic heterocycles. The monoisotopic (exact) mass is 435 g/mol. The van der Waals surface area contributed by atoms with Gasteiger partial charge in [0.15, 0.2) is 0 Å². The molecule has 2 aromatic rings. The number of hydrogen-bond acceptors (Lipinski definition) is 4. The summed E-state index contributed by atoms with van der Waals surface area (Å²) in [4.78, 5) is 40.7. The van der Waals surface area contributed by atoms with E-state index < -0.39 is 5.25 Å². The van der Waals surface area contributed by atoms with Gasteiger partial charge in [0.05, 0.1) is 10.9 Å². The highest BCUT2D eigenvalue weighted by molar-refractivity contribution is 8.01. The van der Waals surface area contributed by atoms with Crippen LogP contribution in [0.2, 0.25) is 0 Å². The van der Waals surface area contributed by atoms with Gasteiger partial charge in [-0.15, -0.1) is 11.8 Å². The topological polar surface area (TPSA) is 78.5 Å². The number of hydrogen-bond donors (Lipinski definition) is 2. The van der Waals surface area contributed by atoms with Crippen LogP contribution in [0.3, 0.4) is 0 Å². The lowest BCUT2D eigenvalue weighted by Crippen LogP contribution is -2.38. The van der Waals surface area contributed by atoms with Gasteiger partial charge in [0, 0.05) is 35.5 Å². The molecule has 2 aliphatic carbocycles. The molecule has 0 aromatic heterocycles. The van der Waals surface area contributed by atoms with Gasteiger partial charge in [-0.25, -0.2) is 0 Å². The first-order valence-electron chi connectivity index (χ1n) is 10.8. The van der Waals surface area contributed by atoms with Crippen molar-refractivity contribution in [1.82, 2.24) is 10.2 Å². The predicted molar refractivity (Wildman–Crippen MR) is 120 cm³/mol. The molecule has 160 valence electrons. The maximum Gasteiger partial charge on any atom is 0.251 e. The second-order valence-electron chi connectivity index (χ2n) is 8.49. The van der Waals surface area contributed by atoms with E-state index in [1.54, 1.807) is 0 Å². The minimum absolute atomic E-state index is 0.00471. The minimum atomic E-state index is -0.419. The molecule has 0 radical (unpaired) electrons. The summed E-state index contributed by atoms with van der Waals surface area (Å²) < 4.78 is 0. The van der Waals surface area contributed by atoms with Crippen molar-refractivity contribution in [2.24, 2.45) is 0 Å². The molecule has 2 N–H and O–H groups in total. The zero-order valence-corrected chi connectivity index (χ0v) is 18.0. The van der Waals surface area contributed by atoms with Crippen LogP contribution in [0.1, 0.15) is 48.0 Å². The van der Waals surface area contributed by atoms with Gasteiger partial charge >= 0.3 is 0 Å². The zero-order valence-electron chi connectivity index (χ0n) is 17.2. The van der Waals surface area contributed by atoms with Crippen molar-refractivity contribution < 1.29 is 14.4 Å². The number of fused-ring (bicyclic) bond motifs is 1. The first-order chi connectivity index (χ1) is 15.1. The van der Waals surface area contributed by atoms with E-state index >= 15 is 0 Å². The van der Waals surface area contributed by atoms with Crippen LogP contribution in [0, 0.1) is 0 Å². The lowest BCUT2D eigenvalue weighted by atomic mass is 10.1. The van der Waals surface area contributed by atoms with E-state index in [4.69, 9.17) is 0 Å². The predicted octanol–water partition coefficient (Wildman–Crippen LogP) is 3.57. The number of carbonyl (C=O) groups excluding carboxylic acids is 3. The average molecular weight is 436 g/mol. The number of rotatable bonds is 7. The molecule has 2 fully saturated rings. The molecule has 2 aromatic carbocycles. The van der Waals surface area contributed by atoms with Crippen molar-refractivity contribution >= 4 is 35.2 Å². The van der Waals surface area contributed by atoms with Gasteiger partial charge in [-0.05, 0) is 55.5 Å². The molecule has 1 unspecified atom stereocenters. The Morgan fingerprint density at radius 3 is 2.48 bits per heavy atom. The number of amides is 3. The summed E-state index contributed by atoms with van der Waals surface area (Å²) in [5, 5.41) is 5.49. The molecular formula is C24H25N3O3S. The molecular weight excluding hydrogens is 410 g/mol. The van der Waals surface area contributed by atoms with Crippen LogP contribution in [-0.2, 0) is 16.1 Å². The van der Waals surface area contributed by atoms with Gasteiger partial charge in [0.1, 0.15) is 0 Å². The minimum Gasteiger partial charge on any atom is -0.349 e. The van der Waals surface area contributed by atoms with Crippen LogP contribution in [-0.4, -0.2) is 40.0 Å². The molecule has 3 amide bonds. The standard InChI is InChI=1S/C24H25N3O3S/c28-22(13-21-24(30)26-19-3-1-2-4-20(19)31-21)27(18-11-12-18)14-15-5-7-16(8-6-15)23(29)25-17-9-10-17/h1-8,17-18,21H,9-14H2,(H,25,29)(H,26,30). The van der Waals surface area contributed by atoms with Gasteiger partial charge in [-0.1, -0.05) is 24.3 Å². The van der Waals surface area contributed by atoms with Crippen LogP contribution in [0.25, 0.3) is 0 Å². The molecule has 1 heterocycles. The van der Waals surface area contributed by atoms with Crippen molar-refractivity contribution in [2.75, 3.05) is 5.32 Å². The summed E-state index contributed by atoms with van der Waals surface area (Å²) in [6, 6.07) is 15.7. The van der Waals surface area contributed by atoms with Crippen LogP contribution in [0.5, 0.6) is 0 Å². The van der Waals surface area contributed by atoms with E-state index in [0.717, 1.165) is 41.8 Å². The van der Waals surface area contributed by atoms with E-state index in [2.05, 4.69) is 10.6 Å². The van der Waals surface area contributed by atoms with Crippen molar-refractivity contribution in [3.8, 4) is 0 Å². The Morgan fingerprint density at radius 2 is 1.77 bits per heavy atom. The van der Waals surface area contributed by atoms with E-state index in [-0.39, 0.29) is 30.2 Å². The highest BCUT2D eigenvalue weighted by Gasteiger charge is 2.36. The Hall–Kier alpha value is -2.80. The Labute approximate surface area is 185 Å². The summed E-state index contributed by atoms with van der Waals surface area (Å²) >= 11 is 1.46. The second-order valence-corrected chi connectivity index (χ2v) is 9.74. The molecule has 0 bridgehead atoms. The number of carbonyl (C=O) groups is 3. The number of para-hydroxylation sites is 1. The van der Waals surface area contributed by atoms with E-state index in [9.17, 15) is 14.4 Å². The molecule has 2 saturated carbocycles. The van der Waals surface area contributed by atoms with Crippen LogP contribution >= 0.6 is 11.8 Å². The summed E-state index contributed by atoms with van der Waals surface area (Å²) in [5.41, 5.74) is 2.45. The zero-order chi connectivity index (χ0) is 21.4. The third kappa shape index (κ3) is 4.77. The summed E-state index contributed by atoms with van der Waals surface area (Å²) in [7, 11) is 0. The lowest BCUT2D eigenvalue weighted by molar-refractivity contribution is -0.133. The molecule has 31 heavy (non-hydrogen) atoms. The number of benzene rings is 2. The fourth-order valence-corrected chi connectivity index (χ4v) is 4.87. The fourth-order valence-electron chi connectivity index (χ4n) is 3.76. The largest absolute Gasteiger partial charge is 0.349 e. The van der Waals surface area contributed by atoms with Gasteiger partial charge in [0.25, 0.3) is 5.91 Å². The lowest BCUT2D eigenvalue weighted by Gasteiger charge is -2.27. The van der Waals surface area contributed by atoms with Crippen LogP contribution in [0.15, 0.2) is 53.4 Å². The highest BCUT2D eigenvalue weighted by Crippen LogP contribution is 2.38. The van der Waals surface area contributed by atoms with Crippen molar-refractivity contribution in [2.45, 2.75) is 60.9 Å². The maximum atomic E-state index is 13.1. The second kappa shape index (κ2) is 8.38. The maximum absolute atomic E-state index is 13.1. The Morgan fingerprint density at radius 1 is 1.03 bits per heavy atom. The van der Waals surface area contributed by atoms with Crippen LogP contribution in [0.4, 0.5) is 5.69 Å². The average Bonchev–Trinajstić information content (AvgIpc) is 3.68. The van der Waals surface area contributed by atoms with Gasteiger partial charge in [-0.2, -0.15) is 0 Å². The normalized spacial score (nSPS) is 19.9. The number of nitrogens with zero attached hydrogens (tertiary/aromatic N) is 1. The van der Waals surface area contributed by atoms with E-state index in [1.807, 2.05) is 53.4 Å². The Balaban J connectivity index is 1.23. The molecule has 7 heteroatoms. The summed E-state index contributed by atoms with van der Waals surface area (Å²) in [6.45, 7) is 0.504.